The van der Waals surface area contributed by atoms with Crippen molar-refractivity contribution in [3.63, 3.8) is 0 Å². The van der Waals surface area contributed by atoms with E-state index in [9.17, 15) is 0 Å². The van der Waals surface area contributed by atoms with Crippen LogP contribution in [0, 0.1) is 6.92 Å². The normalized spacial score (nSPS) is 11.3. The molecule has 0 bridgehead atoms. The fraction of sp³-hybridized carbons (Fsp3) is 0.286. The van der Waals surface area contributed by atoms with E-state index in [1.165, 1.54) is 12.7 Å². The van der Waals surface area contributed by atoms with Crippen molar-refractivity contribution < 1.29 is 0 Å². The van der Waals surface area contributed by atoms with Gasteiger partial charge in [-0.2, -0.15) is 14.6 Å². The van der Waals surface area contributed by atoms with Crippen molar-refractivity contribution in [3.8, 4) is 0 Å². The third-order valence-electron chi connectivity index (χ3n) is 3.45. The Morgan fingerprint density at radius 1 is 1.12 bits per heavy atom. The lowest BCUT2D eigenvalue weighted by molar-refractivity contribution is 0.914. The second-order valence-corrected chi connectivity index (χ2v) is 7.22. The fourth-order valence-corrected chi connectivity index (χ4v) is 3.85. The third-order valence-corrected chi connectivity index (χ3v) is 5.49. The maximum atomic E-state index is 4.45. The Labute approximate surface area is 151 Å². The first-order valence-corrected chi connectivity index (χ1v) is 9.59. The molecule has 0 fully saturated rings. The number of anilines is 2. The van der Waals surface area contributed by atoms with Gasteiger partial charge in [-0.15, -0.1) is 11.3 Å². The van der Waals surface area contributed by atoms with Crippen molar-refractivity contribution in [1.29, 1.82) is 0 Å². The summed E-state index contributed by atoms with van der Waals surface area (Å²) >= 11 is 3.21. The Morgan fingerprint density at radius 3 is 2.88 bits per heavy atom. The van der Waals surface area contributed by atoms with Crippen LogP contribution in [-0.4, -0.2) is 53.9 Å². The molecular formula is C14H15N9S2. The van der Waals surface area contributed by atoms with Crippen LogP contribution in [-0.2, 0) is 0 Å². The van der Waals surface area contributed by atoms with Crippen LogP contribution in [0.15, 0.2) is 23.1 Å². The number of fused-ring (bicyclic) bond motifs is 2. The van der Waals surface area contributed by atoms with Gasteiger partial charge < -0.3 is 10.6 Å². The van der Waals surface area contributed by atoms with Gasteiger partial charge in [0.05, 0.1) is 0 Å². The first-order valence-electron chi connectivity index (χ1n) is 7.55. The lowest BCUT2D eigenvalue weighted by atomic mass is 10.4. The van der Waals surface area contributed by atoms with E-state index in [-0.39, 0.29) is 0 Å². The zero-order valence-electron chi connectivity index (χ0n) is 13.6. The second kappa shape index (κ2) is 6.76. The molecule has 0 aliphatic rings. The summed E-state index contributed by atoms with van der Waals surface area (Å²) in [6, 6.07) is 1.94. The largest absolute Gasteiger partial charge is 0.368 e. The standard InChI is InChI=1S/C14H15N9S2/c1-8-5-9(23-13(21-8)19-7-20-23)15-3-4-16-11-10-12(18-6-17-11)22-14(24-2)25-10/h5-7,15H,3-4H2,1-2H3,(H,16,17,18). The van der Waals surface area contributed by atoms with Crippen LogP contribution >= 0.6 is 23.1 Å². The van der Waals surface area contributed by atoms with E-state index >= 15 is 0 Å². The van der Waals surface area contributed by atoms with Gasteiger partial charge in [-0.3, -0.25) is 0 Å². The number of nitrogens with zero attached hydrogens (tertiary/aromatic N) is 7. The average molecular weight is 373 g/mol. The molecule has 0 unspecified atom stereocenters. The van der Waals surface area contributed by atoms with Crippen LogP contribution in [0.1, 0.15) is 5.69 Å². The summed E-state index contributed by atoms with van der Waals surface area (Å²) in [6.07, 6.45) is 5.03. The summed E-state index contributed by atoms with van der Waals surface area (Å²) in [5, 5.41) is 10.9. The minimum atomic E-state index is 0.585. The number of aryl methyl sites for hydroxylation is 1. The molecule has 4 heterocycles. The van der Waals surface area contributed by atoms with Crippen molar-refractivity contribution in [2.45, 2.75) is 11.3 Å². The molecule has 0 amide bonds. The van der Waals surface area contributed by atoms with Crippen LogP contribution in [0.3, 0.4) is 0 Å². The zero-order valence-corrected chi connectivity index (χ0v) is 15.2. The van der Waals surface area contributed by atoms with E-state index in [0.717, 1.165) is 32.0 Å². The van der Waals surface area contributed by atoms with Crippen LogP contribution in [0.4, 0.5) is 11.6 Å². The molecule has 0 saturated carbocycles. The predicted octanol–water partition coefficient (Wildman–Crippen LogP) is 2.08. The minimum absolute atomic E-state index is 0.585. The van der Waals surface area contributed by atoms with E-state index in [1.807, 2.05) is 19.2 Å². The number of thiazole rings is 1. The van der Waals surface area contributed by atoms with Gasteiger partial charge in [-0.05, 0) is 13.2 Å². The van der Waals surface area contributed by atoms with E-state index in [4.69, 9.17) is 0 Å². The molecule has 4 aromatic rings. The summed E-state index contributed by atoms with van der Waals surface area (Å²) in [7, 11) is 0. The molecule has 25 heavy (non-hydrogen) atoms. The highest BCUT2D eigenvalue weighted by molar-refractivity contribution is 8.00. The number of thioether (sulfide) groups is 1. The molecule has 11 heteroatoms. The highest BCUT2D eigenvalue weighted by Crippen LogP contribution is 2.30. The topological polar surface area (TPSA) is 106 Å². The molecule has 2 N–H and O–H groups in total. The Morgan fingerprint density at radius 2 is 2.00 bits per heavy atom. The Balaban J connectivity index is 1.44. The highest BCUT2D eigenvalue weighted by Gasteiger charge is 2.10. The Kier molecular flexibility index (Phi) is 4.32. The van der Waals surface area contributed by atoms with Gasteiger partial charge in [-0.1, -0.05) is 11.8 Å². The number of rotatable bonds is 6. The number of hydrogen-bond donors (Lipinski definition) is 2. The molecule has 0 saturated heterocycles. The predicted molar refractivity (Wildman–Crippen MR) is 99.5 cm³/mol. The van der Waals surface area contributed by atoms with Crippen molar-refractivity contribution in [2.24, 2.45) is 0 Å². The SMILES string of the molecule is CSc1nc2ncnc(NCCNc3cc(C)nc4ncnn34)c2s1. The summed E-state index contributed by atoms with van der Waals surface area (Å²) in [4.78, 5) is 21.4. The van der Waals surface area contributed by atoms with Crippen LogP contribution in [0.2, 0.25) is 0 Å². The molecule has 128 valence electrons. The Hall–Kier alpha value is -2.53. The van der Waals surface area contributed by atoms with Gasteiger partial charge in [0.15, 0.2) is 9.99 Å². The first kappa shape index (κ1) is 16.0. The van der Waals surface area contributed by atoms with Crippen LogP contribution in [0.5, 0.6) is 0 Å². The van der Waals surface area contributed by atoms with E-state index in [0.29, 0.717) is 18.9 Å². The van der Waals surface area contributed by atoms with E-state index in [2.05, 4.69) is 40.7 Å². The lowest BCUT2D eigenvalue weighted by Gasteiger charge is -2.10. The monoisotopic (exact) mass is 373 g/mol. The molecule has 0 aliphatic carbocycles. The van der Waals surface area contributed by atoms with E-state index in [1.54, 1.807) is 27.6 Å². The Bertz CT molecular complexity index is 1030. The van der Waals surface area contributed by atoms with Gasteiger partial charge >= 0.3 is 0 Å². The number of hydrogen-bond acceptors (Lipinski definition) is 10. The van der Waals surface area contributed by atoms with Crippen molar-refractivity contribution in [1.82, 2.24) is 34.5 Å². The van der Waals surface area contributed by atoms with Crippen molar-refractivity contribution in [3.05, 3.63) is 24.4 Å². The lowest BCUT2D eigenvalue weighted by Crippen LogP contribution is -2.16. The van der Waals surface area contributed by atoms with Gasteiger partial charge in [0, 0.05) is 24.8 Å². The summed E-state index contributed by atoms with van der Waals surface area (Å²) < 4.78 is 3.65. The average Bonchev–Trinajstić information content (AvgIpc) is 3.24. The molecule has 9 nitrogen and oxygen atoms in total. The molecule has 0 atom stereocenters. The molecule has 4 rings (SSSR count). The van der Waals surface area contributed by atoms with Crippen LogP contribution < -0.4 is 10.6 Å². The number of aromatic nitrogens is 7. The molecule has 0 radical (unpaired) electrons. The van der Waals surface area contributed by atoms with Gasteiger partial charge in [-0.25, -0.2) is 19.9 Å². The first-order chi connectivity index (χ1) is 12.2. The van der Waals surface area contributed by atoms with Gasteiger partial charge in [0.2, 0.25) is 0 Å². The summed E-state index contributed by atoms with van der Waals surface area (Å²) in [5.74, 6) is 2.25. The van der Waals surface area contributed by atoms with Gasteiger partial charge in [0.1, 0.15) is 29.0 Å². The third kappa shape index (κ3) is 3.20. The van der Waals surface area contributed by atoms with Crippen molar-refractivity contribution >= 4 is 50.9 Å². The smallest absolute Gasteiger partial charge is 0.254 e. The molecule has 0 aliphatic heterocycles. The maximum Gasteiger partial charge on any atom is 0.254 e. The summed E-state index contributed by atoms with van der Waals surface area (Å²) in [6.45, 7) is 3.32. The second-order valence-electron chi connectivity index (χ2n) is 5.17. The zero-order chi connectivity index (χ0) is 17.2. The molecule has 0 spiro atoms. The van der Waals surface area contributed by atoms with Crippen LogP contribution in [0.25, 0.3) is 16.1 Å². The van der Waals surface area contributed by atoms with E-state index < -0.39 is 0 Å². The molecule has 4 aromatic heterocycles. The molecular weight excluding hydrogens is 358 g/mol. The minimum Gasteiger partial charge on any atom is -0.368 e. The van der Waals surface area contributed by atoms with Crippen molar-refractivity contribution in [2.75, 3.05) is 30.0 Å². The highest BCUT2D eigenvalue weighted by atomic mass is 32.2. The summed E-state index contributed by atoms with van der Waals surface area (Å²) in [5.41, 5.74) is 1.62. The molecule has 0 aromatic carbocycles. The fourth-order valence-electron chi connectivity index (χ4n) is 2.38. The van der Waals surface area contributed by atoms with Gasteiger partial charge in [0.25, 0.3) is 5.78 Å². The number of nitrogens with one attached hydrogen (secondary N) is 2. The maximum absolute atomic E-state index is 4.45. The quantitative estimate of drug-likeness (QED) is 0.388.